The summed E-state index contributed by atoms with van der Waals surface area (Å²) in [6, 6.07) is 12.3. The third kappa shape index (κ3) is 4.47. The Bertz CT molecular complexity index is 1320. The lowest BCUT2D eigenvalue weighted by molar-refractivity contribution is 0.102. The van der Waals surface area contributed by atoms with Gasteiger partial charge in [0.1, 0.15) is 5.82 Å². The summed E-state index contributed by atoms with van der Waals surface area (Å²) in [5.41, 5.74) is 2.34. The van der Waals surface area contributed by atoms with Gasteiger partial charge in [-0.3, -0.25) is 14.2 Å². The van der Waals surface area contributed by atoms with Gasteiger partial charge in [-0.25, -0.2) is 4.98 Å². The number of methoxy groups -OCH3 is 1. The van der Waals surface area contributed by atoms with Gasteiger partial charge in [-0.1, -0.05) is 0 Å². The number of aromatic amines is 2. The van der Waals surface area contributed by atoms with Crippen LogP contribution in [-0.4, -0.2) is 39.1 Å². The van der Waals surface area contributed by atoms with Crippen LogP contribution in [0.5, 0.6) is 0 Å². The number of benzene rings is 2. The first kappa shape index (κ1) is 20.7. The van der Waals surface area contributed by atoms with Crippen molar-refractivity contribution in [2.75, 3.05) is 19.0 Å². The number of anilines is 1. The van der Waals surface area contributed by atoms with E-state index < -0.39 is 0 Å². The number of nitrogens with zero attached hydrogens (tertiary/aromatic N) is 2. The minimum Gasteiger partial charge on any atom is -0.385 e. The highest BCUT2D eigenvalue weighted by Gasteiger charge is 2.11. The number of nitrogens with one attached hydrogen (secondary N) is 3. The molecule has 158 valence electrons. The summed E-state index contributed by atoms with van der Waals surface area (Å²) < 4.78 is 6.87. The van der Waals surface area contributed by atoms with Gasteiger partial charge in [0, 0.05) is 49.5 Å². The van der Waals surface area contributed by atoms with Gasteiger partial charge in [-0.05, 0) is 61.1 Å². The zero-order valence-corrected chi connectivity index (χ0v) is 17.7. The molecule has 3 N–H and O–H groups in total. The van der Waals surface area contributed by atoms with Crippen LogP contribution < -0.4 is 10.9 Å². The average molecular weight is 436 g/mol. The molecule has 9 heteroatoms. The second kappa shape index (κ2) is 9.07. The fourth-order valence-corrected chi connectivity index (χ4v) is 3.59. The van der Waals surface area contributed by atoms with Crippen molar-refractivity contribution < 1.29 is 9.53 Å². The SMILES string of the molecule is COCCCn1c(=S)[nH]c2cc(C(=O)Nc3ccc(-c4ncc[nH]4)cc3)ccc2c1=O. The molecule has 0 fully saturated rings. The molecule has 0 spiro atoms. The minimum absolute atomic E-state index is 0.185. The van der Waals surface area contributed by atoms with Gasteiger partial charge in [0.15, 0.2) is 4.77 Å². The molecule has 31 heavy (non-hydrogen) atoms. The Kier molecular flexibility index (Phi) is 6.06. The van der Waals surface area contributed by atoms with Crippen LogP contribution >= 0.6 is 12.2 Å². The second-order valence-corrected chi connectivity index (χ2v) is 7.35. The molecule has 0 bridgehead atoms. The number of amides is 1. The molecule has 8 nitrogen and oxygen atoms in total. The Hall–Kier alpha value is -3.56. The maximum atomic E-state index is 12.8. The number of hydrogen-bond donors (Lipinski definition) is 3. The summed E-state index contributed by atoms with van der Waals surface area (Å²) in [5.74, 6) is 0.478. The molecule has 0 aliphatic rings. The average Bonchev–Trinajstić information content (AvgIpc) is 3.31. The van der Waals surface area contributed by atoms with E-state index in [1.807, 2.05) is 24.3 Å². The molecule has 2 aromatic heterocycles. The Morgan fingerprint density at radius 3 is 2.74 bits per heavy atom. The molecular weight excluding hydrogens is 414 g/mol. The molecule has 0 unspecified atom stereocenters. The smallest absolute Gasteiger partial charge is 0.262 e. The van der Waals surface area contributed by atoms with E-state index >= 15 is 0 Å². The van der Waals surface area contributed by atoms with Crippen LogP contribution in [0.15, 0.2) is 59.7 Å². The third-order valence-corrected chi connectivity index (χ3v) is 5.21. The van der Waals surface area contributed by atoms with E-state index in [9.17, 15) is 9.59 Å². The molecule has 2 aromatic carbocycles. The van der Waals surface area contributed by atoms with Crippen LogP contribution in [0.2, 0.25) is 0 Å². The number of carbonyl (C=O) groups excluding carboxylic acids is 1. The zero-order chi connectivity index (χ0) is 21.8. The van der Waals surface area contributed by atoms with Crippen LogP contribution in [0.4, 0.5) is 5.69 Å². The summed E-state index contributed by atoms with van der Waals surface area (Å²) in [6.45, 7) is 1.01. The summed E-state index contributed by atoms with van der Waals surface area (Å²) in [4.78, 5) is 35.8. The van der Waals surface area contributed by atoms with Crippen molar-refractivity contribution >= 4 is 34.7 Å². The monoisotopic (exact) mass is 435 g/mol. The van der Waals surface area contributed by atoms with Gasteiger partial charge < -0.3 is 20.0 Å². The molecule has 0 saturated carbocycles. The number of fused-ring (bicyclic) bond motifs is 1. The van der Waals surface area contributed by atoms with Crippen molar-refractivity contribution in [2.45, 2.75) is 13.0 Å². The van der Waals surface area contributed by atoms with E-state index in [2.05, 4.69) is 20.3 Å². The van der Waals surface area contributed by atoms with Gasteiger partial charge in [0.2, 0.25) is 0 Å². The van der Waals surface area contributed by atoms with Gasteiger partial charge >= 0.3 is 0 Å². The van der Waals surface area contributed by atoms with Crippen molar-refractivity contribution in [3.63, 3.8) is 0 Å². The first-order valence-corrected chi connectivity index (χ1v) is 10.1. The zero-order valence-electron chi connectivity index (χ0n) is 16.8. The Balaban J connectivity index is 1.55. The lowest BCUT2D eigenvalue weighted by atomic mass is 10.1. The van der Waals surface area contributed by atoms with Crippen molar-refractivity contribution in [1.82, 2.24) is 19.5 Å². The predicted octanol–water partition coefficient (Wildman–Crippen LogP) is 3.74. The van der Waals surface area contributed by atoms with Gasteiger partial charge in [-0.15, -0.1) is 0 Å². The highest BCUT2D eigenvalue weighted by Crippen LogP contribution is 2.19. The topological polar surface area (TPSA) is 105 Å². The molecule has 0 aliphatic carbocycles. The number of hydrogen-bond acceptors (Lipinski definition) is 5. The quantitative estimate of drug-likeness (QED) is 0.303. The Morgan fingerprint density at radius 1 is 1.23 bits per heavy atom. The van der Waals surface area contributed by atoms with Gasteiger partial charge in [0.25, 0.3) is 11.5 Å². The molecule has 0 atom stereocenters. The number of rotatable bonds is 7. The largest absolute Gasteiger partial charge is 0.385 e. The van der Waals surface area contributed by atoms with Crippen LogP contribution in [0.3, 0.4) is 0 Å². The van der Waals surface area contributed by atoms with Crippen LogP contribution in [0, 0.1) is 4.77 Å². The third-order valence-electron chi connectivity index (χ3n) is 4.89. The minimum atomic E-state index is -0.281. The summed E-state index contributed by atoms with van der Waals surface area (Å²) >= 11 is 5.33. The molecule has 0 aliphatic heterocycles. The van der Waals surface area contributed by atoms with Gasteiger partial charge in [0.05, 0.1) is 10.9 Å². The summed E-state index contributed by atoms with van der Waals surface area (Å²) in [6.07, 6.45) is 4.12. The molecule has 4 aromatic rings. The second-order valence-electron chi connectivity index (χ2n) is 6.96. The standard InChI is InChI=1S/C22H21N5O3S/c1-30-12-2-11-27-21(29)17-8-5-15(13-18(17)26-22(27)31)20(28)25-16-6-3-14(4-7-16)19-23-9-10-24-19/h3-10,13H,2,11-12H2,1H3,(H,23,24)(H,25,28)(H,26,31). The maximum absolute atomic E-state index is 12.8. The van der Waals surface area contributed by atoms with Gasteiger partial charge in [-0.2, -0.15) is 0 Å². The number of aromatic nitrogens is 4. The summed E-state index contributed by atoms with van der Waals surface area (Å²) in [7, 11) is 1.62. The fraction of sp³-hybridized carbons (Fsp3) is 0.182. The number of H-pyrrole nitrogens is 2. The van der Waals surface area contributed by atoms with Crippen molar-refractivity contribution in [3.05, 3.63) is 75.5 Å². The number of imidazole rings is 1. The Morgan fingerprint density at radius 2 is 2.03 bits per heavy atom. The predicted molar refractivity (Wildman–Crippen MR) is 122 cm³/mol. The van der Waals surface area contributed by atoms with Crippen molar-refractivity contribution in [2.24, 2.45) is 0 Å². The molecular formula is C22H21N5O3S. The van der Waals surface area contributed by atoms with Crippen molar-refractivity contribution in [1.29, 1.82) is 0 Å². The molecule has 2 heterocycles. The van der Waals surface area contributed by atoms with E-state index in [1.165, 1.54) is 4.57 Å². The van der Waals surface area contributed by atoms with E-state index in [-0.39, 0.29) is 11.5 Å². The lowest BCUT2D eigenvalue weighted by Gasteiger charge is -2.10. The summed E-state index contributed by atoms with van der Waals surface area (Å²) in [5, 5.41) is 3.34. The maximum Gasteiger partial charge on any atom is 0.262 e. The van der Waals surface area contributed by atoms with E-state index in [0.29, 0.717) is 46.5 Å². The van der Waals surface area contributed by atoms with Crippen molar-refractivity contribution in [3.8, 4) is 11.4 Å². The van der Waals surface area contributed by atoms with Crippen LogP contribution in [0.1, 0.15) is 16.8 Å². The number of ether oxygens (including phenoxy) is 1. The Labute approximate surface area is 182 Å². The highest BCUT2D eigenvalue weighted by atomic mass is 32.1. The van der Waals surface area contributed by atoms with E-state index in [0.717, 1.165) is 11.4 Å². The first-order valence-electron chi connectivity index (χ1n) is 9.74. The van der Waals surface area contributed by atoms with E-state index in [1.54, 1.807) is 37.7 Å². The normalized spacial score (nSPS) is 11.0. The first-order chi connectivity index (χ1) is 15.1. The number of carbonyl (C=O) groups is 1. The van der Waals surface area contributed by atoms with E-state index in [4.69, 9.17) is 17.0 Å². The van der Waals surface area contributed by atoms with Crippen LogP contribution in [-0.2, 0) is 11.3 Å². The lowest BCUT2D eigenvalue weighted by Crippen LogP contribution is -2.23. The molecule has 1 amide bonds. The highest BCUT2D eigenvalue weighted by molar-refractivity contribution is 7.71. The van der Waals surface area contributed by atoms with Crippen LogP contribution in [0.25, 0.3) is 22.3 Å². The molecule has 0 saturated heterocycles. The molecule has 4 rings (SSSR count). The fourth-order valence-electron chi connectivity index (χ4n) is 3.30. The molecule has 0 radical (unpaired) electrons.